The van der Waals surface area contributed by atoms with E-state index in [9.17, 15) is 13.2 Å². The first-order valence-electron chi connectivity index (χ1n) is 6.50. The molecule has 0 aliphatic carbocycles. The minimum Gasteiger partial charge on any atom is -0.468 e. The molecule has 21 heavy (non-hydrogen) atoms. The first-order chi connectivity index (χ1) is 9.93. The summed E-state index contributed by atoms with van der Waals surface area (Å²) in [7, 11) is -3.53. The summed E-state index contributed by atoms with van der Waals surface area (Å²) in [6.07, 6.45) is 3.18. The molecule has 0 saturated carbocycles. The van der Waals surface area contributed by atoms with Gasteiger partial charge in [-0.3, -0.25) is 14.7 Å². The number of nitrogens with zero attached hydrogens (tertiary/aromatic N) is 2. The molecule has 112 valence electrons. The van der Waals surface area contributed by atoms with Crippen LogP contribution in [0.3, 0.4) is 0 Å². The molecule has 7 nitrogen and oxygen atoms in total. The largest absolute Gasteiger partial charge is 0.468 e. The number of H-pyrrole nitrogens is 1. The summed E-state index contributed by atoms with van der Waals surface area (Å²) in [4.78, 5) is 20.5. The molecule has 8 heteroatoms. The van der Waals surface area contributed by atoms with Crippen molar-refractivity contribution in [3.63, 3.8) is 0 Å². The molecule has 0 unspecified atom stereocenters. The molecule has 0 bridgehead atoms. The third-order valence-corrected chi connectivity index (χ3v) is 4.34. The van der Waals surface area contributed by atoms with Gasteiger partial charge in [0.2, 0.25) is 15.0 Å². The zero-order valence-electron chi connectivity index (χ0n) is 11.5. The van der Waals surface area contributed by atoms with Gasteiger partial charge >= 0.3 is 0 Å². The van der Waals surface area contributed by atoms with Gasteiger partial charge in [-0.1, -0.05) is 0 Å². The fourth-order valence-electron chi connectivity index (χ4n) is 2.40. The molecule has 0 spiro atoms. The van der Waals surface area contributed by atoms with Crippen LogP contribution in [0.1, 0.15) is 17.0 Å². The molecule has 3 heterocycles. The highest BCUT2D eigenvalue weighted by Gasteiger charge is 2.23. The Morgan fingerprint density at radius 3 is 2.95 bits per heavy atom. The van der Waals surface area contributed by atoms with Crippen LogP contribution < -0.4 is 5.56 Å². The third kappa shape index (κ3) is 2.91. The van der Waals surface area contributed by atoms with E-state index in [4.69, 9.17) is 4.42 Å². The summed E-state index contributed by atoms with van der Waals surface area (Å²) in [6, 6.07) is 3.70. The SMILES string of the molecule is CS(=O)(=O)c1nc2c(c(=O)[nH]1)CCN(Cc1ccco1)C2. The van der Waals surface area contributed by atoms with E-state index >= 15 is 0 Å². The average molecular weight is 309 g/mol. The minimum absolute atomic E-state index is 0.272. The van der Waals surface area contributed by atoms with Crippen LogP contribution in [-0.2, 0) is 29.3 Å². The van der Waals surface area contributed by atoms with Gasteiger partial charge in [0.1, 0.15) is 5.76 Å². The molecule has 0 saturated heterocycles. The van der Waals surface area contributed by atoms with Crippen molar-refractivity contribution in [1.82, 2.24) is 14.9 Å². The number of hydrogen-bond donors (Lipinski definition) is 1. The molecule has 0 amide bonds. The highest BCUT2D eigenvalue weighted by molar-refractivity contribution is 7.90. The van der Waals surface area contributed by atoms with Gasteiger partial charge in [0.05, 0.1) is 18.5 Å². The van der Waals surface area contributed by atoms with Crippen molar-refractivity contribution in [2.75, 3.05) is 12.8 Å². The Kier molecular flexibility index (Phi) is 3.42. The summed E-state index contributed by atoms with van der Waals surface area (Å²) in [6.45, 7) is 1.74. The van der Waals surface area contributed by atoms with Gasteiger partial charge in [-0.15, -0.1) is 0 Å². The number of hydrogen-bond acceptors (Lipinski definition) is 6. The Hall–Kier alpha value is -1.93. The Morgan fingerprint density at radius 1 is 1.48 bits per heavy atom. The molecule has 1 aliphatic rings. The van der Waals surface area contributed by atoms with Crippen LogP contribution in [0.5, 0.6) is 0 Å². The van der Waals surface area contributed by atoms with E-state index in [1.807, 2.05) is 12.1 Å². The average Bonchev–Trinajstić information content (AvgIpc) is 2.90. The summed E-state index contributed by atoms with van der Waals surface area (Å²) in [5.74, 6) is 0.826. The topological polar surface area (TPSA) is 96.3 Å². The molecule has 1 N–H and O–H groups in total. The molecule has 0 atom stereocenters. The van der Waals surface area contributed by atoms with Crippen LogP contribution in [0.25, 0.3) is 0 Å². The summed E-state index contributed by atoms with van der Waals surface area (Å²) < 4.78 is 28.4. The number of sulfone groups is 1. The van der Waals surface area contributed by atoms with Crippen molar-refractivity contribution in [3.05, 3.63) is 45.8 Å². The van der Waals surface area contributed by atoms with Crippen molar-refractivity contribution in [2.45, 2.75) is 24.7 Å². The van der Waals surface area contributed by atoms with Crippen molar-refractivity contribution in [1.29, 1.82) is 0 Å². The van der Waals surface area contributed by atoms with Gasteiger partial charge in [0, 0.05) is 24.9 Å². The van der Waals surface area contributed by atoms with E-state index in [0.717, 1.165) is 12.0 Å². The monoisotopic (exact) mass is 309 g/mol. The molecule has 2 aromatic heterocycles. The predicted octanol–water partition coefficient (Wildman–Crippen LogP) is 0.325. The number of aromatic nitrogens is 2. The fourth-order valence-corrected chi connectivity index (χ4v) is 2.96. The van der Waals surface area contributed by atoms with Gasteiger partial charge in [-0.05, 0) is 18.6 Å². The lowest BCUT2D eigenvalue weighted by Gasteiger charge is -2.26. The molecule has 0 radical (unpaired) electrons. The molecule has 0 aromatic carbocycles. The first-order valence-corrected chi connectivity index (χ1v) is 8.39. The summed E-state index contributed by atoms with van der Waals surface area (Å²) in [5, 5.41) is -0.272. The maximum Gasteiger partial charge on any atom is 0.255 e. The first kappa shape index (κ1) is 14.0. The zero-order valence-corrected chi connectivity index (χ0v) is 12.3. The normalized spacial score (nSPS) is 15.9. The number of furan rings is 1. The van der Waals surface area contributed by atoms with E-state index in [-0.39, 0.29) is 10.7 Å². The number of nitrogens with one attached hydrogen (secondary N) is 1. The van der Waals surface area contributed by atoms with Crippen LogP contribution in [0.2, 0.25) is 0 Å². The molecular weight excluding hydrogens is 294 g/mol. The van der Waals surface area contributed by atoms with Crippen LogP contribution in [0, 0.1) is 0 Å². The van der Waals surface area contributed by atoms with E-state index < -0.39 is 9.84 Å². The van der Waals surface area contributed by atoms with Crippen LogP contribution >= 0.6 is 0 Å². The van der Waals surface area contributed by atoms with E-state index in [1.165, 1.54) is 0 Å². The van der Waals surface area contributed by atoms with E-state index in [1.54, 1.807) is 6.26 Å². The van der Waals surface area contributed by atoms with Crippen molar-refractivity contribution >= 4 is 9.84 Å². The van der Waals surface area contributed by atoms with Crippen LogP contribution in [0.15, 0.2) is 32.8 Å². The Balaban J connectivity index is 1.91. The predicted molar refractivity (Wildman–Crippen MR) is 74.5 cm³/mol. The second-order valence-corrected chi connectivity index (χ2v) is 7.04. The molecular formula is C13H15N3O4S. The quantitative estimate of drug-likeness (QED) is 0.821. The molecule has 1 aliphatic heterocycles. The minimum atomic E-state index is -3.53. The highest BCUT2D eigenvalue weighted by Crippen LogP contribution is 2.17. The third-order valence-electron chi connectivity index (χ3n) is 3.44. The standard InChI is InChI=1S/C13H15N3O4S/c1-21(18,19)13-14-11-8-16(7-9-3-2-6-20-9)5-4-10(11)12(17)15-13/h2-3,6H,4-5,7-8H2,1H3,(H,14,15,17). The van der Waals surface area contributed by atoms with Crippen molar-refractivity contribution in [3.8, 4) is 0 Å². The van der Waals surface area contributed by atoms with Crippen LogP contribution in [-0.4, -0.2) is 36.1 Å². The lowest BCUT2D eigenvalue weighted by molar-refractivity contribution is 0.220. The highest BCUT2D eigenvalue weighted by atomic mass is 32.2. The second kappa shape index (κ2) is 5.12. The van der Waals surface area contributed by atoms with Gasteiger partial charge in [-0.25, -0.2) is 13.4 Å². The van der Waals surface area contributed by atoms with Crippen molar-refractivity contribution < 1.29 is 12.8 Å². The van der Waals surface area contributed by atoms with Crippen molar-refractivity contribution in [2.24, 2.45) is 0 Å². The molecule has 0 fully saturated rings. The Bertz CT molecular complexity index is 808. The zero-order chi connectivity index (χ0) is 15.0. The number of aromatic amines is 1. The van der Waals surface area contributed by atoms with E-state index in [0.29, 0.717) is 37.3 Å². The van der Waals surface area contributed by atoms with Gasteiger partial charge in [-0.2, -0.15) is 0 Å². The fraction of sp³-hybridized carbons (Fsp3) is 0.385. The maximum absolute atomic E-state index is 12.0. The smallest absolute Gasteiger partial charge is 0.255 e. The lowest BCUT2D eigenvalue weighted by atomic mass is 10.1. The summed E-state index contributed by atoms with van der Waals surface area (Å²) in [5.41, 5.74) is 0.730. The maximum atomic E-state index is 12.0. The van der Waals surface area contributed by atoms with Gasteiger partial charge in [0.25, 0.3) is 5.56 Å². The number of rotatable bonds is 3. The van der Waals surface area contributed by atoms with Gasteiger partial charge < -0.3 is 4.42 Å². The van der Waals surface area contributed by atoms with Crippen LogP contribution in [0.4, 0.5) is 0 Å². The lowest BCUT2D eigenvalue weighted by Crippen LogP contribution is -2.35. The van der Waals surface area contributed by atoms with Gasteiger partial charge in [0.15, 0.2) is 0 Å². The molecule has 3 rings (SSSR count). The Morgan fingerprint density at radius 2 is 2.29 bits per heavy atom. The number of fused-ring (bicyclic) bond motifs is 1. The summed E-state index contributed by atoms with van der Waals surface area (Å²) >= 11 is 0. The van der Waals surface area contributed by atoms with E-state index in [2.05, 4.69) is 14.9 Å². The Labute approximate surface area is 121 Å². The second-order valence-electron chi connectivity index (χ2n) is 5.11. The molecule has 2 aromatic rings.